The molecule has 0 spiro atoms. The zero-order valence-electron chi connectivity index (χ0n) is 8.02. The van der Waals surface area contributed by atoms with Crippen LogP contribution < -0.4 is 5.32 Å². The molecule has 0 radical (unpaired) electrons. The van der Waals surface area contributed by atoms with Gasteiger partial charge in [-0.15, -0.1) is 5.73 Å². The van der Waals surface area contributed by atoms with Gasteiger partial charge < -0.3 is 5.32 Å². The second kappa shape index (κ2) is 2.51. The van der Waals surface area contributed by atoms with Gasteiger partial charge in [0.25, 0.3) is 0 Å². The van der Waals surface area contributed by atoms with E-state index < -0.39 is 0 Å². The van der Waals surface area contributed by atoms with Crippen LogP contribution in [0.25, 0.3) is 0 Å². The average Bonchev–Trinajstić information content (AvgIpc) is 2.39. The molecule has 0 aliphatic carbocycles. The first-order valence-corrected chi connectivity index (χ1v) is 4.43. The van der Waals surface area contributed by atoms with Crippen molar-refractivity contribution in [3.63, 3.8) is 0 Å². The minimum Gasteiger partial charge on any atom is -0.352 e. The van der Waals surface area contributed by atoms with E-state index >= 15 is 0 Å². The molecule has 2 rings (SSSR count). The maximum absolute atomic E-state index is 3.70. The van der Waals surface area contributed by atoms with Crippen LogP contribution in [0.5, 0.6) is 0 Å². The number of allylic oxidation sites excluding steroid dienone is 1. The highest BCUT2D eigenvalue weighted by Crippen LogP contribution is 2.42. The fourth-order valence-corrected chi connectivity index (χ4v) is 1.83. The van der Waals surface area contributed by atoms with Crippen molar-refractivity contribution in [3.8, 4) is 0 Å². The average molecular weight is 171 g/mol. The molecule has 1 heterocycles. The van der Waals surface area contributed by atoms with Gasteiger partial charge in [0.05, 0.1) is 5.70 Å². The zero-order chi connectivity index (χ0) is 9.47. The summed E-state index contributed by atoms with van der Waals surface area (Å²) in [5.74, 6) is 0. The van der Waals surface area contributed by atoms with Gasteiger partial charge in [0.2, 0.25) is 0 Å². The zero-order valence-corrected chi connectivity index (χ0v) is 8.02. The van der Waals surface area contributed by atoms with Crippen molar-refractivity contribution in [2.75, 3.05) is 5.32 Å². The lowest BCUT2D eigenvalue weighted by atomic mass is 9.84. The molecule has 1 heteroatoms. The van der Waals surface area contributed by atoms with Gasteiger partial charge in [0, 0.05) is 11.1 Å². The van der Waals surface area contributed by atoms with Crippen LogP contribution in [-0.4, -0.2) is 0 Å². The maximum atomic E-state index is 3.70. The first kappa shape index (κ1) is 8.15. The predicted molar refractivity (Wildman–Crippen MR) is 55.7 cm³/mol. The highest BCUT2D eigenvalue weighted by atomic mass is 14.9. The van der Waals surface area contributed by atoms with E-state index in [9.17, 15) is 0 Å². The van der Waals surface area contributed by atoms with E-state index in [0.717, 1.165) is 5.70 Å². The van der Waals surface area contributed by atoms with Gasteiger partial charge in [-0.3, -0.25) is 0 Å². The van der Waals surface area contributed by atoms with Crippen molar-refractivity contribution in [2.45, 2.75) is 19.3 Å². The number of nitrogens with one attached hydrogen (secondary N) is 1. The first-order chi connectivity index (χ1) is 6.16. The molecule has 0 atom stereocenters. The Morgan fingerprint density at radius 1 is 1.31 bits per heavy atom. The summed E-state index contributed by atoms with van der Waals surface area (Å²) in [6.45, 7) is 8.06. The summed E-state index contributed by atoms with van der Waals surface area (Å²) in [6.07, 6.45) is 0. The van der Waals surface area contributed by atoms with Crippen molar-refractivity contribution < 1.29 is 0 Å². The number of rotatable bonds is 0. The van der Waals surface area contributed by atoms with Gasteiger partial charge in [-0.1, -0.05) is 24.8 Å². The summed E-state index contributed by atoms with van der Waals surface area (Å²) in [4.78, 5) is 0. The van der Waals surface area contributed by atoms with E-state index in [2.05, 4.69) is 49.7 Å². The molecule has 0 aromatic heterocycles. The van der Waals surface area contributed by atoms with Gasteiger partial charge in [-0.25, -0.2) is 0 Å². The van der Waals surface area contributed by atoms with E-state index in [4.69, 9.17) is 0 Å². The Morgan fingerprint density at radius 2 is 2.00 bits per heavy atom. The molecule has 1 N–H and O–H groups in total. The van der Waals surface area contributed by atoms with E-state index in [1.54, 1.807) is 0 Å². The number of para-hydroxylation sites is 1. The van der Waals surface area contributed by atoms with Crippen molar-refractivity contribution in [3.05, 3.63) is 47.8 Å². The summed E-state index contributed by atoms with van der Waals surface area (Å²) >= 11 is 0. The molecule has 1 nitrogen and oxygen atoms in total. The summed E-state index contributed by atoms with van der Waals surface area (Å²) in [5, 5.41) is 3.32. The standard InChI is InChI=1S/C12H13N/c1-4-11-12(2,3)9-7-5-6-8-10(9)13-11/h5-8,13H,1H2,2-3H3. The normalized spacial score (nSPS) is 17.5. The monoisotopic (exact) mass is 171 g/mol. The van der Waals surface area contributed by atoms with E-state index in [0.29, 0.717) is 0 Å². The Balaban J connectivity index is 2.66. The molecule has 0 unspecified atom stereocenters. The quantitative estimate of drug-likeness (QED) is 0.591. The minimum absolute atomic E-state index is 0.0261. The van der Waals surface area contributed by atoms with E-state index in [-0.39, 0.29) is 5.41 Å². The molecule has 0 fully saturated rings. The van der Waals surface area contributed by atoms with Crippen LogP contribution in [0.1, 0.15) is 19.4 Å². The Labute approximate surface area is 78.8 Å². The molecule has 0 saturated heterocycles. The third-order valence-corrected chi connectivity index (χ3v) is 2.66. The number of anilines is 1. The molecule has 66 valence electrons. The SMILES string of the molecule is C=C=C1Nc2ccccc2C1(C)C. The molecule has 1 aliphatic rings. The molecular formula is C12H13N. The number of hydrogen-bond donors (Lipinski definition) is 1. The Kier molecular flexibility index (Phi) is 1.58. The first-order valence-electron chi connectivity index (χ1n) is 4.43. The molecular weight excluding hydrogens is 158 g/mol. The fourth-order valence-electron chi connectivity index (χ4n) is 1.83. The summed E-state index contributed by atoms with van der Waals surface area (Å²) in [7, 11) is 0. The predicted octanol–water partition coefficient (Wildman–Crippen LogP) is 3.06. The van der Waals surface area contributed by atoms with Crippen LogP contribution in [0.15, 0.2) is 42.3 Å². The van der Waals surface area contributed by atoms with Crippen molar-refractivity contribution in [2.24, 2.45) is 0 Å². The molecule has 0 bridgehead atoms. The topological polar surface area (TPSA) is 12.0 Å². The summed E-state index contributed by atoms with van der Waals surface area (Å²) in [6, 6.07) is 8.33. The highest BCUT2D eigenvalue weighted by Gasteiger charge is 2.33. The number of hydrogen-bond acceptors (Lipinski definition) is 1. The van der Waals surface area contributed by atoms with E-state index in [1.807, 2.05) is 6.07 Å². The van der Waals surface area contributed by atoms with Crippen LogP contribution in [0.3, 0.4) is 0 Å². The van der Waals surface area contributed by atoms with Crippen molar-refractivity contribution in [1.29, 1.82) is 0 Å². The second-order valence-electron chi connectivity index (χ2n) is 3.85. The molecule has 1 aliphatic heterocycles. The Bertz CT molecular complexity index is 395. The van der Waals surface area contributed by atoms with Crippen molar-refractivity contribution >= 4 is 5.69 Å². The van der Waals surface area contributed by atoms with Gasteiger partial charge in [-0.05, 0) is 25.5 Å². The highest BCUT2D eigenvalue weighted by molar-refractivity contribution is 5.67. The second-order valence-corrected chi connectivity index (χ2v) is 3.85. The summed E-state index contributed by atoms with van der Waals surface area (Å²) < 4.78 is 0. The molecule has 0 amide bonds. The van der Waals surface area contributed by atoms with Gasteiger partial charge in [0.1, 0.15) is 0 Å². The lowest BCUT2D eigenvalue weighted by Crippen LogP contribution is -2.16. The largest absolute Gasteiger partial charge is 0.352 e. The Morgan fingerprint density at radius 3 is 2.62 bits per heavy atom. The third-order valence-electron chi connectivity index (χ3n) is 2.66. The van der Waals surface area contributed by atoms with Gasteiger partial charge in [0.15, 0.2) is 0 Å². The molecule has 1 aromatic rings. The van der Waals surface area contributed by atoms with Crippen LogP contribution in [0, 0.1) is 0 Å². The molecule has 0 saturated carbocycles. The van der Waals surface area contributed by atoms with Crippen LogP contribution in [0.4, 0.5) is 5.69 Å². The Hall–Kier alpha value is -1.46. The number of benzene rings is 1. The van der Waals surface area contributed by atoms with Crippen LogP contribution in [-0.2, 0) is 5.41 Å². The number of fused-ring (bicyclic) bond motifs is 1. The minimum atomic E-state index is 0.0261. The lowest BCUT2D eigenvalue weighted by Gasteiger charge is -2.18. The molecule has 1 aromatic carbocycles. The summed E-state index contributed by atoms with van der Waals surface area (Å²) in [5.41, 5.74) is 6.55. The van der Waals surface area contributed by atoms with Crippen LogP contribution in [0.2, 0.25) is 0 Å². The fraction of sp³-hybridized carbons (Fsp3) is 0.250. The third kappa shape index (κ3) is 1.01. The van der Waals surface area contributed by atoms with E-state index in [1.165, 1.54) is 11.3 Å². The lowest BCUT2D eigenvalue weighted by molar-refractivity contribution is 0.655. The van der Waals surface area contributed by atoms with Crippen LogP contribution >= 0.6 is 0 Å². The maximum Gasteiger partial charge on any atom is 0.0678 e. The van der Waals surface area contributed by atoms with Gasteiger partial charge in [-0.2, -0.15) is 0 Å². The molecule has 13 heavy (non-hydrogen) atoms. The smallest absolute Gasteiger partial charge is 0.0678 e. The van der Waals surface area contributed by atoms with Crippen molar-refractivity contribution in [1.82, 2.24) is 0 Å². The van der Waals surface area contributed by atoms with Gasteiger partial charge >= 0.3 is 0 Å².